The van der Waals surface area contributed by atoms with E-state index in [9.17, 15) is 9.18 Å². The number of aromatic amines is 1. The Morgan fingerprint density at radius 2 is 2.12 bits per heavy atom. The monoisotopic (exact) mass is 298 g/mol. The summed E-state index contributed by atoms with van der Waals surface area (Å²) in [6.45, 7) is 2.02. The van der Waals surface area contributed by atoms with Gasteiger partial charge in [-0.15, -0.1) is 0 Å². The lowest BCUT2D eigenvalue weighted by Gasteiger charge is -2.02. The average molecular weight is 299 g/mol. The normalized spacial score (nSPS) is 10.8. The first kappa shape index (κ1) is 12.1. The molecule has 0 aliphatic carbocycles. The molecule has 0 saturated heterocycles. The standard InChI is InChI=1S/C12H12BrFN2O/c1-2-5-9-11(13)12(17)16(15-9)10-7-4-3-6-8(10)14/h3-4,6-7,15H,2,5H2,1H3. The third-order valence-corrected chi connectivity index (χ3v) is 3.31. The molecule has 0 bridgehead atoms. The van der Waals surface area contributed by atoms with E-state index < -0.39 is 5.82 Å². The molecule has 5 heteroatoms. The first-order valence-electron chi connectivity index (χ1n) is 5.39. The van der Waals surface area contributed by atoms with E-state index in [4.69, 9.17) is 0 Å². The van der Waals surface area contributed by atoms with E-state index >= 15 is 0 Å². The molecule has 0 aliphatic heterocycles. The number of rotatable bonds is 3. The molecule has 0 aliphatic rings. The summed E-state index contributed by atoms with van der Waals surface area (Å²) in [5.74, 6) is -0.425. The zero-order valence-corrected chi connectivity index (χ0v) is 10.9. The Hall–Kier alpha value is -1.36. The zero-order chi connectivity index (χ0) is 12.4. The predicted octanol–water partition coefficient (Wildman–Crippen LogP) is 3.02. The van der Waals surface area contributed by atoms with Gasteiger partial charge in [-0.2, -0.15) is 0 Å². The molecule has 0 radical (unpaired) electrons. The molecule has 17 heavy (non-hydrogen) atoms. The molecule has 1 heterocycles. The summed E-state index contributed by atoms with van der Waals surface area (Å²) >= 11 is 3.24. The van der Waals surface area contributed by atoms with Gasteiger partial charge in [0.1, 0.15) is 16.0 Å². The van der Waals surface area contributed by atoms with Crippen molar-refractivity contribution < 1.29 is 4.39 Å². The number of nitrogens with one attached hydrogen (secondary N) is 1. The Labute approximate surface area is 106 Å². The molecule has 0 atom stereocenters. The van der Waals surface area contributed by atoms with Gasteiger partial charge in [0.2, 0.25) is 0 Å². The van der Waals surface area contributed by atoms with Crippen LogP contribution in [0.3, 0.4) is 0 Å². The SMILES string of the molecule is CCCc1[nH]n(-c2ccccc2F)c(=O)c1Br. The van der Waals surface area contributed by atoms with Crippen molar-refractivity contribution in [3.05, 3.63) is 50.6 Å². The van der Waals surface area contributed by atoms with Crippen LogP contribution in [0.5, 0.6) is 0 Å². The van der Waals surface area contributed by atoms with E-state index in [-0.39, 0.29) is 11.2 Å². The van der Waals surface area contributed by atoms with Gasteiger partial charge in [-0.05, 0) is 34.5 Å². The summed E-state index contributed by atoms with van der Waals surface area (Å²) in [6.07, 6.45) is 1.66. The maximum absolute atomic E-state index is 13.6. The molecule has 1 aromatic carbocycles. The number of hydrogen-bond acceptors (Lipinski definition) is 1. The fraction of sp³-hybridized carbons (Fsp3) is 0.250. The second-order valence-electron chi connectivity index (χ2n) is 3.75. The van der Waals surface area contributed by atoms with Gasteiger partial charge in [0.15, 0.2) is 0 Å². The van der Waals surface area contributed by atoms with Crippen molar-refractivity contribution in [3.8, 4) is 5.69 Å². The number of H-pyrrole nitrogens is 1. The van der Waals surface area contributed by atoms with Gasteiger partial charge in [0.25, 0.3) is 5.56 Å². The fourth-order valence-electron chi connectivity index (χ4n) is 1.68. The second kappa shape index (κ2) is 4.87. The number of hydrogen-bond donors (Lipinski definition) is 1. The quantitative estimate of drug-likeness (QED) is 0.929. The summed E-state index contributed by atoms with van der Waals surface area (Å²) in [5.41, 5.74) is 0.764. The molecule has 3 nitrogen and oxygen atoms in total. The molecule has 1 aromatic heterocycles. The summed E-state index contributed by atoms with van der Waals surface area (Å²) in [7, 11) is 0. The molecule has 0 saturated carbocycles. The molecule has 0 unspecified atom stereocenters. The average Bonchev–Trinajstić information content (AvgIpc) is 2.59. The Kier molecular flexibility index (Phi) is 3.47. The van der Waals surface area contributed by atoms with Gasteiger partial charge < -0.3 is 0 Å². The molecule has 0 fully saturated rings. The molecule has 1 N–H and O–H groups in total. The number of benzene rings is 1. The summed E-state index contributed by atoms with van der Waals surface area (Å²) in [6, 6.07) is 6.18. The highest BCUT2D eigenvalue weighted by Gasteiger charge is 2.14. The lowest BCUT2D eigenvalue weighted by molar-refractivity contribution is 0.607. The van der Waals surface area contributed by atoms with Crippen LogP contribution in [0.25, 0.3) is 5.69 Å². The minimum absolute atomic E-state index is 0.237. The number of halogens is 2. The molecule has 2 rings (SSSR count). The van der Waals surface area contributed by atoms with Crippen molar-refractivity contribution in [2.75, 3.05) is 0 Å². The zero-order valence-electron chi connectivity index (χ0n) is 9.34. The van der Waals surface area contributed by atoms with E-state index in [1.165, 1.54) is 10.7 Å². The fourth-order valence-corrected chi connectivity index (χ4v) is 2.14. The highest BCUT2D eigenvalue weighted by Crippen LogP contribution is 2.16. The van der Waals surface area contributed by atoms with Crippen molar-refractivity contribution in [1.29, 1.82) is 0 Å². The van der Waals surface area contributed by atoms with Crippen LogP contribution >= 0.6 is 15.9 Å². The topological polar surface area (TPSA) is 37.8 Å². The summed E-state index contributed by atoms with van der Waals surface area (Å²) in [4.78, 5) is 11.9. The third kappa shape index (κ3) is 2.20. The number of aryl methyl sites for hydroxylation is 1. The Bertz CT molecular complexity index is 588. The third-order valence-electron chi connectivity index (χ3n) is 2.50. The smallest absolute Gasteiger partial charge is 0.285 e. The van der Waals surface area contributed by atoms with Gasteiger partial charge in [0, 0.05) is 0 Å². The molecular weight excluding hydrogens is 287 g/mol. The van der Waals surface area contributed by atoms with Gasteiger partial charge in [-0.25, -0.2) is 9.07 Å². The minimum Gasteiger partial charge on any atom is -0.294 e. The van der Waals surface area contributed by atoms with Crippen molar-refractivity contribution >= 4 is 15.9 Å². The molecule has 0 amide bonds. The lowest BCUT2D eigenvalue weighted by atomic mass is 10.3. The van der Waals surface area contributed by atoms with Gasteiger partial charge >= 0.3 is 0 Å². The largest absolute Gasteiger partial charge is 0.294 e. The van der Waals surface area contributed by atoms with Crippen molar-refractivity contribution in [3.63, 3.8) is 0 Å². The molecule has 0 spiro atoms. The van der Waals surface area contributed by atoms with E-state index in [0.717, 1.165) is 18.5 Å². The first-order chi connectivity index (χ1) is 8.15. The van der Waals surface area contributed by atoms with Crippen LogP contribution in [-0.2, 0) is 6.42 Å². The van der Waals surface area contributed by atoms with Crippen molar-refractivity contribution in [2.24, 2.45) is 0 Å². The Balaban J connectivity index is 2.58. The van der Waals surface area contributed by atoms with E-state index in [2.05, 4.69) is 21.0 Å². The highest BCUT2D eigenvalue weighted by molar-refractivity contribution is 9.10. The van der Waals surface area contributed by atoms with Gasteiger partial charge in [-0.1, -0.05) is 25.5 Å². The van der Waals surface area contributed by atoms with Crippen LogP contribution in [0.4, 0.5) is 4.39 Å². The van der Waals surface area contributed by atoms with E-state index in [1.807, 2.05) is 6.92 Å². The second-order valence-corrected chi connectivity index (χ2v) is 4.54. The number of aromatic nitrogens is 2. The number of para-hydroxylation sites is 1. The van der Waals surface area contributed by atoms with Gasteiger partial charge in [-0.3, -0.25) is 9.89 Å². The summed E-state index contributed by atoms with van der Waals surface area (Å²) < 4.78 is 15.3. The lowest BCUT2D eigenvalue weighted by Crippen LogP contribution is -2.15. The van der Waals surface area contributed by atoms with E-state index in [0.29, 0.717) is 4.47 Å². The minimum atomic E-state index is -0.425. The first-order valence-corrected chi connectivity index (χ1v) is 6.18. The predicted molar refractivity (Wildman–Crippen MR) is 68.0 cm³/mol. The Morgan fingerprint density at radius 1 is 1.41 bits per heavy atom. The molecule has 2 aromatic rings. The Morgan fingerprint density at radius 3 is 2.76 bits per heavy atom. The molecule has 90 valence electrons. The molecular formula is C12H12BrFN2O. The van der Waals surface area contributed by atoms with Crippen LogP contribution in [0.1, 0.15) is 19.0 Å². The van der Waals surface area contributed by atoms with Crippen LogP contribution < -0.4 is 5.56 Å². The van der Waals surface area contributed by atoms with Crippen LogP contribution in [0.2, 0.25) is 0 Å². The van der Waals surface area contributed by atoms with Crippen LogP contribution in [0, 0.1) is 5.82 Å². The van der Waals surface area contributed by atoms with Crippen LogP contribution in [-0.4, -0.2) is 9.78 Å². The van der Waals surface area contributed by atoms with Gasteiger partial charge in [0.05, 0.1) is 5.69 Å². The van der Waals surface area contributed by atoms with Crippen molar-refractivity contribution in [1.82, 2.24) is 9.78 Å². The number of nitrogens with zero attached hydrogens (tertiary/aromatic N) is 1. The van der Waals surface area contributed by atoms with Crippen LogP contribution in [0.15, 0.2) is 33.5 Å². The van der Waals surface area contributed by atoms with E-state index in [1.54, 1.807) is 18.2 Å². The van der Waals surface area contributed by atoms with Crippen molar-refractivity contribution in [2.45, 2.75) is 19.8 Å². The summed E-state index contributed by atoms with van der Waals surface area (Å²) in [5, 5.41) is 2.93. The maximum atomic E-state index is 13.6. The maximum Gasteiger partial charge on any atom is 0.285 e. The highest BCUT2D eigenvalue weighted by atomic mass is 79.9.